The lowest BCUT2D eigenvalue weighted by Crippen LogP contribution is -2.56. The molecule has 2 aliphatic rings. The van der Waals surface area contributed by atoms with E-state index in [1.54, 1.807) is 7.11 Å². The second-order valence-electron chi connectivity index (χ2n) is 6.30. The summed E-state index contributed by atoms with van der Waals surface area (Å²) in [5, 5.41) is 0. The Morgan fingerprint density at radius 3 is 2.67 bits per heavy atom. The maximum Gasteiger partial charge on any atom is 0.0686 e. The molecule has 1 aliphatic heterocycles. The van der Waals surface area contributed by atoms with Crippen LogP contribution in [0, 0.1) is 5.92 Å². The average Bonchev–Trinajstić information content (AvgIpc) is 2.40. The minimum atomic E-state index is -0.164. The van der Waals surface area contributed by atoms with E-state index in [1.165, 1.54) is 32.1 Å². The van der Waals surface area contributed by atoms with E-state index in [2.05, 4.69) is 6.92 Å². The quantitative estimate of drug-likeness (QED) is 0.840. The Morgan fingerprint density at radius 1 is 1.33 bits per heavy atom. The predicted molar refractivity (Wildman–Crippen MR) is 73.6 cm³/mol. The summed E-state index contributed by atoms with van der Waals surface area (Å²) in [7, 11) is 1.76. The Balaban J connectivity index is 2.04. The fraction of sp³-hybridized carbons (Fsp3) is 1.00. The molecule has 0 amide bonds. The highest BCUT2D eigenvalue weighted by molar-refractivity contribution is 4.98. The summed E-state index contributed by atoms with van der Waals surface area (Å²) in [5.41, 5.74) is 6.58. The van der Waals surface area contributed by atoms with Crippen molar-refractivity contribution in [2.24, 2.45) is 11.7 Å². The first-order valence-electron chi connectivity index (χ1n) is 7.56. The summed E-state index contributed by atoms with van der Waals surface area (Å²) < 4.78 is 11.5. The fourth-order valence-electron chi connectivity index (χ4n) is 3.84. The lowest BCUT2D eigenvalue weighted by Gasteiger charge is -2.48. The van der Waals surface area contributed by atoms with Crippen molar-refractivity contribution in [3.05, 3.63) is 0 Å². The van der Waals surface area contributed by atoms with E-state index in [0.29, 0.717) is 12.5 Å². The van der Waals surface area contributed by atoms with E-state index in [9.17, 15) is 0 Å². The Kier molecular flexibility index (Phi) is 4.68. The largest absolute Gasteiger partial charge is 0.383 e. The van der Waals surface area contributed by atoms with Crippen molar-refractivity contribution in [1.82, 2.24) is 0 Å². The molecule has 2 unspecified atom stereocenters. The first-order valence-corrected chi connectivity index (χ1v) is 7.56. The number of methoxy groups -OCH3 is 1. The van der Waals surface area contributed by atoms with Crippen molar-refractivity contribution in [3.63, 3.8) is 0 Å². The van der Waals surface area contributed by atoms with E-state index in [1.807, 2.05) is 0 Å². The van der Waals surface area contributed by atoms with Gasteiger partial charge < -0.3 is 15.2 Å². The molecule has 0 aromatic heterocycles. The van der Waals surface area contributed by atoms with Crippen LogP contribution < -0.4 is 5.73 Å². The van der Waals surface area contributed by atoms with Crippen LogP contribution in [-0.2, 0) is 9.47 Å². The highest BCUT2D eigenvalue weighted by Gasteiger charge is 2.44. The molecular formula is C15H29NO2. The van der Waals surface area contributed by atoms with Crippen molar-refractivity contribution in [3.8, 4) is 0 Å². The monoisotopic (exact) mass is 255 g/mol. The molecule has 3 nitrogen and oxygen atoms in total. The van der Waals surface area contributed by atoms with Gasteiger partial charge in [-0.25, -0.2) is 0 Å². The molecule has 106 valence electrons. The molecule has 0 bridgehead atoms. The van der Waals surface area contributed by atoms with Crippen LogP contribution in [0.1, 0.15) is 58.3 Å². The van der Waals surface area contributed by atoms with Gasteiger partial charge in [0.05, 0.1) is 12.2 Å². The minimum absolute atomic E-state index is 0.148. The van der Waals surface area contributed by atoms with Crippen molar-refractivity contribution in [2.75, 3.05) is 20.3 Å². The van der Waals surface area contributed by atoms with Crippen LogP contribution >= 0.6 is 0 Å². The number of hydrogen-bond donors (Lipinski definition) is 1. The van der Waals surface area contributed by atoms with Crippen LogP contribution in [0.2, 0.25) is 0 Å². The average molecular weight is 255 g/mol. The zero-order valence-electron chi connectivity index (χ0n) is 12.0. The summed E-state index contributed by atoms with van der Waals surface area (Å²) in [5.74, 6) is 0.550. The minimum Gasteiger partial charge on any atom is -0.383 e. The van der Waals surface area contributed by atoms with Crippen LogP contribution in [-0.4, -0.2) is 31.5 Å². The summed E-state index contributed by atoms with van der Waals surface area (Å²) in [6, 6.07) is 0. The van der Waals surface area contributed by atoms with Gasteiger partial charge >= 0.3 is 0 Å². The third kappa shape index (κ3) is 2.89. The molecule has 1 aliphatic carbocycles. The fourth-order valence-corrected chi connectivity index (χ4v) is 3.84. The van der Waals surface area contributed by atoms with E-state index in [0.717, 1.165) is 25.9 Å². The van der Waals surface area contributed by atoms with E-state index in [-0.39, 0.29) is 11.1 Å². The normalized spacial score (nSPS) is 31.2. The SMILES string of the molecule is CCC(N)(COC)C1CCOC2(CCCCC2)C1. The van der Waals surface area contributed by atoms with Crippen LogP contribution in [0.25, 0.3) is 0 Å². The predicted octanol–water partition coefficient (Wildman–Crippen LogP) is 2.87. The lowest BCUT2D eigenvalue weighted by molar-refractivity contribution is -0.131. The molecule has 0 aromatic carbocycles. The maximum absolute atomic E-state index is 6.59. The summed E-state index contributed by atoms with van der Waals surface area (Å²) in [6.07, 6.45) is 9.70. The van der Waals surface area contributed by atoms with Crippen molar-refractivity contribution < 1.29 is 9.47 Å². The van der Waals surface area contributed by atoms with E-state index in [4.69, 9.17) is 15.2 Å². The lowest BCUT2D eigenvalue weighted by atomic mass is 9.69. The summed E-state index contributed by atoms with van der Waals surface area (Å²) >= 11 is 0. The molecule has 18 heavy (non-hydrogen) atoms. The van der Waals surface area contributed by atoms with Gasteiger partial charge in [-0.05, 0) is 38.0 Å². The highest BCUT2D eigenvalue weighted by Crippen LogP contribution is 2.43. The van der Waals surface area contributed by atoms with Crippen LogP contribution in [0.4, 0.5) is 0 Å². The molecule has 2 fully saturated rings. The topological polar surface area (TPSA) is 44.5 Å². The van der Waals surface area contributed by atoms with Crippen molar-refractivity contribution in [2.45, 2.75) is 69.4 Å². The Bertz CT molecular complexity index is 258. The maximum atomic E-state index is 6.59. The molecule has 1 saturated carbocycles. The zero-order chi connectivity index (χ0) is 13.1. The number of nitrogens with two attached hydrogens (primary N) is 1. The van der Waals surface area contributed by atoms with Gasteiger partial charge in [0, 0.05) is 19.3 Å². The Labute approximate surface area is 111 Å². The molecule has 3 heteroatoms. The molecule has 2 rings (SSSR count). The molecule has 1 spiro atoms. The summed E-state index contributed by atoms with van der Waals surface area (Å²) in [6.45, 7) is 3.74. The Morgan fingerprint density at radius 2 is 2.06 bits per heavy atom. The highest BCUT2D eigenvalue weighted by atomic mass is 16.5. The van der Waals surface area contributed by atoms with E-state index < -0.39 is 0 Å². The van der Waals surface area contributed by atoms with Gasteiger partial charge in [0.15, 0.2) is 0 Å². The number of ether oxygens (including phenoxy) is 2. The van der Waals surface area contributed by atoms with Gasteiger partial charge in [0.1, 0.15) is 0 Å². The van der Waals surface area contributed by atoms with Gasteiger partial charge in [-0.15, -0.1) is 0 Å². The second-order valence-corrected chi connectivity index (χ2v) is 6.30. The Hall–Kier alpha value is -0.120. The van der Waals surface area contributed by atoms with Gasteiger partial charge in [0.25, 0.3) is 0 Å². The third-order valence-electron chi connectivity index (χ3n) is 5.14. The number of hydrogen-bond acceptors (Lipinski definition) is 3. The summed E-state index contributed by atoms with van der Waals surface area (Å²) in [4.78, 5) is 0. The van der Waals surface area contributed by atoms with Gasteiger partial charge in [-0.3, -0.25) is 0 Å². The molecule has 2 N–H and O–H groups in total. The molecule has 1 saturated heterocycles. The molecule has 2 atom stereocenters. The van der Waals surface area contributed by atoms with Crippen LogP contribution in [0.5, 0.6) is 0 Å². The van der Waals surface area contributed by atoms with E-state index >= 15 is 0 Å². The first-order chi connectivity index (χ1) is 8.64. The van der Waals surface area contributed by atoms with Crippen molar-refractivity contribution >= 4 is 0 Å². The van der Waals surface area contributed by atoms with Crippen LogP contribution in [0.15, 0.2) is 0 Å². The molecule has 0 aromatic rings. The zero-order valence-corrected chi connectivity index (χ0v) is 12.0. The molecular weight excluding hydrogens is 226 g/mol. The smallest absolute Gasteiger partial charge is 0.0686 e. The van der Waals surface area contributed by atoms with Crippen molar-refractivity contribution in [1.29, 1.82) is 0 Å². The number of rotatable bonds is 4. The van der Waals surface area contributed by atoms with Gasteiger partial charge in [-0.2, -0.15) is 0 Å². The van der Waals surface area contributed by atoms with Gasteiger partial charge in [-0.1, -0.05) is 26.2 Å². The second kappa shape index (κ2) is 5.89. The first kappa shape index (κ1) is 14.3. The van der Waals surface area contributed by atoms with Gasteiger partial charge in [0.2, 0.25) is 0 Å². The molecule has 0 radical (unpaired) electrons. The standard InChI is InChI=1S/C15H29NO2/c1-3-15(16,12-17-2)13-7-10-18-14(11-13)8-5-4-6-9-14/h13H,3-12,16H2,1-2H3. The van der Waals surface area contributed by atoms with Crippen LogP contribution in [0.3, 0.4) is 0 Å². The third-order valence-corrected chi connectivity index (χ3v) is 5.14. The molecule has 1 heterocycles.